The molecule has 0 spiro atoms. The minimum absolute atomic E-state index is 0.189. The molecule has 0 saturated heterocycles. The minimum atomic E-state index is -0.189. The molecule has 0 unspecified atom stereocenters. The van der Waals surface area contributed by atoms with Crippen molar-refractivity contribution in [2.45, 2.75) is 19.8 Å². The zero-order chi connectivity index (χ0) is 10.2. The molecule has 0 atom stereocenters. The largest absolute Gasteiger partial charge is 0.462 e. The molecule has 1 fully saturated rings. The summed E-state index contributed by atoms with van der Waals surface area (Å²) in [7, 11) is 0. The molecular weight excluding hydrogens is 182 g/mol. The fourth-order valence-corrected chi connectivity index (χ4v) is 1.11. The molecular formula is C10H19NO3. The number of hydrogen-bond donors (Lipinski definition) is 1. The predicted molar refractivity (Wildman–Crippen MR) is 53.0 cm³/mol. The Bertz CT molecular complexity index is 169. The summed E-state index contributed by atoms with van der Waals surface area (Å²) in [5, 5.41) is 3.07. The summed E-state index contributed by atoms with van der Waals surface area (Å²) in [6, 6.07) is 0. The SMILES string of the molecule is CCOCCOC(=O)CNCC1CC1. The molecule has 14 heavy (non-hydrogen) atoms. The third-order valence-corrected chi connectivity index (χ3v) is 2.09. The zero-order valence-electron chi connectivity index (χ0n) is 8.75. The van der Waals surface area contributed by atoms with Crippen molar-refractivity contribution in [1.29, 1.82) is 0 Å². The van der Waals surface area contributed by atoms with Crippen molar-refractivity contribution in [1.82, 2.24) is 5.32 Å². The molecule has 0 radical (unpaired) electrons. The van der Waals surface area contributed by atoms with Crippen LogP contribution in [0.2, 0.25) is 0 Å². The van der Waals surface area contributed by atoms with Crippen LogP contribution in [0.15, 0.2) is 0 Å². The fraction of sp³-hybridized carbons (Fsp3) is 0.900. The predicted octanol–water partition coefficient (Wildman–Crippen LogP) is 0.566. The van der Waals surface area contributed by atoms with Crippen molar-refractivity contribution in [3.8, 4) is 0 Å². The second kappa shape index (κ2) is 6.79. The third-order valence-electron chi connectivity index (χ3n) is 2.09. The monoisotopic (exact) mass is 201 g/mol. The van der Waals surface area contributed by atoms with Crippen LogP contribution >= 0.6 is 0 Å². The lowest BCUT2D eigenvalue weighted by Gasteiger charge is -2.05. The number of nitrogens with one attached hydrogen (secondary N) is 1. The van der Waals surface area contributed by atoms with E-state index in [4.69, 9.17) is 9.47 Å². The van der Waals surface area contributed by atoms with Gasteiger partial charge in [0.05, 0.1) is 13.2 Å². The Morgan fingerprint density at radius 2 is 2.21 bits per heavy atom. The van der Waals surface area contributed by atoms with E-state index in [2.05, 4.69) is 5.32 Å². The van der Waals surface area contributed by atoms with Crippen molar-refractivity contribution < 1.29 is 14.3 Å². The van der Waals surface area contributed by atoms with Gasteiger partial charge in [-0.1, -0.05) is 0 Å². The number of carbonyl (C=O) groups is 1. The topological polar surface area (TPSA) is 47.6 Å². The highest BCUT2D eigenvalue weighted by atomic mass is 16.6. The lowest BCUT2D eigenvalue weighted by molar-refractivity contribution is -0.144. The fourth-order valence-electron chi connectivity index (χ4n) is 1.11. The lowest BCUT2D eigenvalue weighted by atomic mass is 10.4. The summed E-state index contributed by atoms with van der Waals surface area (Å²) in [5.74, 6) is 0.608. The van der Waals surface area contributed by atoms with E-state index in [-0.39, 0.29) is 5.97 Å². The van der Waals surface area contributed by atoms with E-state index in [1.165, 1.54) is 12.8 Å². The molecule has 82 valence electrons. The van der Waals surface area contributed by atoms with Gasteiger partial charge in [0.25, 0.3) is 0 Å². The Labute approximate surface area is 85.0 Å². The van der Waals surface area contributed by atoms with Gasteiger partial charge in [-0.05, 0) is 32.2 Å². The Hall–Kier alpha value is -0.610. The quantitative estimate of drug-likeness (QED) is 0.460. The van der Waals surface area contributed by atoms with Crippen molar-refractivity contribution in [3.05, 3.63) is 0 Å². The van der Waals surface area contributed by atoms with Crippen molar-refractivity contribution in [2.24, 2.45) is 5.92 Å². The highest BCUT2D eigenvalue weighted by Crippen LogP contribution is 2.27. The maximum Gasteiger partial charge on any atom is 0.320 e. The van der Waals surface area contributed by atoms with Gasteiger partial charge in [0.2, 0.25) is 0 Å². The molecule has 0 aromatic rings. The van der Waals surface area contributed by atoms with Gasteiger partial charge in [0.15, 0.2) is 0 Å². The summed E-state index contributed by atoms with van der Waals surface area (Å²) in [5.41, 5.74) is 0. The highest BCUT2D eigenvalue weighted by molar-refractivity contribution is 5.71. The normalized spacial score (nSPS) is 15.5. The average molecular weight is 201 g/mol. The van der Waals surface area contributed by atoms with Crippen LogP contribution in [0, 0.1) is 5.92 Å². The number of rotatable bonds is 8. The van der Waals surface area contributed by atoms with Gasteiger partial charge in [-0.3, -0.25) is 4.79 Å². The van der Waals surface area contributed by atoms with E-state index in [0.29, 0.717) is 26.4 Å². The van der Waals surface area contributed by atoms with Gasteiger partial charge < -0.3 is 14.8 Å². The number of hydrogen-bond acceptors (Lipinski definition) is 4. The average Bonchev–Trinajstić information content (AvgIpc) is 2.96. The van der Waals surface area contributed by atoms with Gasteiger partial charge in [0.1, 0.15) is 6.61 Å². The molecule has 0 aliphatic heterocycles. The number of esters is 1. The van der Waals surface area contributed by atoms with Crippen LogP contribution in [0.1, 0.15) is 19.8 Å². The van der Waals surface area contributed by atoms with E-state index in [0.717, 1.165) is 12.5 Å². The third kappa shape index (κ3) is 5.94. The Balaban J connectivity index is 1.82. The van der Waals surface area contributed by atoms with E-state index in [1.54, 1.807) is 0 Å². The molecule has 4 nitrogen and oxygen atoms in total. The van der Waals surface area contributed by atoms with Crippen molar-refractivity contribution in [3.63, 3.8) is 0 Å². The van der Waals surface area contributed by atoms with Gasteiger partial charge in [-0.25, -0.2) is 0 Å². The number of ether oxygens (including phenoxy) is 2. The van der Waals surface area contributed by atoms with Gasteiger partial charge in [-0.2, -0.15) is 0 Å². The first-order valence-electron chi connectivity index (χ1n) is 5.27. The van der Waals surface area contributed by atoms with Crippen LogP contribution in [0.4, 0.5) is 0 Å². The van der Waals surface area contributed by atoms with E-state index in [1.807, 2.05) is 6.92 Å². The number of carbonyl (C=O) groups excluding carboxylic acids is 1. The summed E-state index contributed by atoms with van der Waals surface area (Å²) in [4.78, 5) is 11.1. The smallest absolute Gasteiger partial charge is 0.320 e. The molecule has 1 aliphatic rings. The van der Waals surface area contributed by atoms with Crippen LogP contribution < -0.4 is 5.32 Å². The summed E-state index contributed by atoms with van der Waals surface area (Å²) >= 11 is 0. The maximum atomic E-state index is 11.1. The first-order valence-corrected chi connectivity index (χ1v) is 5.27. The molecule has 0 aromatic carbocycles. The van der Waals surface area contributed by atoms with Crippen LogP contribution in [-0.4, -0.2) is 38.9 Å². The molecule has 0 aromatic heterocycles. The lowest BCUT2D eigenvalue weighted by Crippen LogP contribution is -2.27. The molecule has 1 aliphatic carbocycles. The maximum absolute atomic E-state index is 11.1. The van der Waals surface area contributed by atoms with Gasteiger partial charge in [0, 0.05) is 6.61 Å². The molecule has 0 heterocycles. The second-order valence-electron chi connectivity index (χ2n) is 3.49. The molecule has 1 saturated carbocycles. The first-order chi connectivity index (χ1) is 6.83. The standard InChI is InChI=1S/C10H19NO3/c1-2-13-5-6-14-10(12)8-11-7-9-3-4-9/h9,11H,2-8H2,1H3. The van der Waals surface area contributed by atoms with Crippen molar-refractivity contribution in [2.75, 3.05) is 32.9 Å². The molecule has 1 N–H and O–H groups in total. The highest BCUT2D eigenvalue weighted by Gasteiger charge is 2.20. The Morgan fingerprint density at radius 3 is 2.86 bits per heavy atom. The van der Waals surface area contributed by atoms with Crippen molar-refractivity contribution >= 4 is 5.97 Å². The Morgan fingerprint density at radius 1 is 1.43 bits per heavy atom. The molecule has 1 rings (SSSR count). The molecule has 0 bridgehead atoms. The van der Waals surface area contributed by atoms with Crippen LogP contribution in [0.5, 0.6) is 0 Å². The zero-order valence-corrected chi connectivity index (χ0v) is 8.75. The van der Waals surface area contributed by atoms with E-state index >= 15 is 0 Å². The summed E-state index contributed by atoms with van der Waals surface area (Å²) in [6.45, 7) is 4.70. The van der Waals surface area contributed by atoms with Gasteiger partial charge in [-0.15, -0.1) is 0 Å². The molecule has 4 heteroatoms. The van der Waals surface area contributed by atoms with Crippen LogP contribution in [0.3, 0.4) is 0 Å². The van der Waals surface area contributed by atoms with Crippen LogP contribution in [-0.2, 0) is 14.3 Å². The Kier molecular flexibility index (Phi) is 5.56. The van der Waals surface area contributed by atoms with E-state index < -0.39 is 0 Å². The van der Waals surface area contributed by atoms with Crippen LogP contribution in [0.25, 0.3) is 0 Å². The minimum Gasteiger partial charge on any atom is -0.462 e. The van der Waals surface area contributed by atoms with E-state index in [9.17, 15) is 4.79 Å². The summed E-state index contributed by atoms with van der Waals surface area (Å²) < 4.78 is 9.96. The van der Waals surface area contributed by atoms with Gasteiger partial charge >= 0.3 is 5.97 Å². The summed E-state index contributed by atoms with van der Waals surface area (Å²) in [6.07, 6.45) is 2.60. The second-order valence-corrected chi connectivity index (χ2v) is 3.49. The first kappa shape index (κ1) is 11.5. The molecule has 0 amide bonds.